The maximum atomic E-state index is 13.3. The van der Waals surface area contributed by atoms with Gasteiger partial charge in [0.05, 0.1) is 0 Å². The van der Waals surface area contributed by atoms with Gasteiger partial charge in [-0.15, -0.1) is 0 Å². The van der Waals surface area contributed by atoms with Crippen LogP contribution in [0.4, 0.5) is 4.39 Å². The SMILES string of the molecule is NCC1(Cc2cc(F)cc(Br)c2)CCCC1. The zero-order valence-electron chi connectivity index (χ0n) is 9.31. The molecule has 0 aromatic heterocycles. The fraction of sp³-hybridized carbons (Fsp3) is 0.538. The third-order valence-corrected chi connectivity index (χ3v) is 4.06. The molecule has 0 radical (unpaired) electrons. The lowest BCUT2D eigenvalue weighted by Gasteiger charge is -2.27. The molecule has 0 amide bonds. The Morgan fingerprint density at radius 1 is 1.25 bits per heavy atom. The molecule has 0 aliphatic heterocycles. The van der Waals surface area contributed by atoms with Gasteiger partial charge in [-0.2, -0.15) is 0 Å². The van der Waals surface area contributed by atoms with Crippen LogP contribution in [0.3, 0.4) is 0 Å². The first-order chi connectivity index (χ1) is 7.63. The van der Waals surface area contributed by atoms with Crippen molar-refractivity contribution in [2.75, 3.05) is 6.54 Å². The van der Waals surface area contributed by atoms with E-state index in [0.717, 1.165) is 16.5 Å². The van der Waals surface area contributed by atoms with Crippen LogP contribution in [0.5, 0.6) is 0 Å². The van der Waals surface area contributed by atoms with Crippen molar-refractivity contribution in [1.82, 2.24) is 0 Å². The van der Waals surface area contributed by atoms with E-state index in [1.54, 1.807) is 6.07 Å². The molecule has 1 aromatic rings. The Morgan fingerprint density at radius 2 is 1.94 bits per heavy atom. The van der Waals surface area contributed by atoms with Gasteiger partial charge in [0.1, 0.15) is 5.82 Å². The van der Waals surface area contributed by atoms with E-state index < -0.39 is 0 Å². The third kappa shape index (κ3) is 2.64. The molecule has 1 aliphatic carbocycles. The molecule has 0 atom stereocenters. The Morgan fingerprint density at radius 3 is 2.50 bits per heavy atom. The number of nitrogens with two attached hydrogens (primary N) is 1. The lowest BCUT2D eigenvalue weighted by atomic mass is 9.80. The van der Waals surface area contributed by atoms with Crippen molar-refractivity contribution in [2.24, 2.45) is 11.1 Å². The zero-order chi connectivity index (χ0) is 11.6. The Labute approximate surface area is 104 Å². The van der Waals surface area contributed by atoms with Gasteiger partial charge < -0.3 is 5.73 Å². The quantitative estimate of drug-likeness (QED) is 0.901. The highest BCUT2D eigenvalue weighted by molar-refractivity contribution is 9.10. The molecule has 0 spiro atoms. The molecule has 3 heteroatoms. The van der Waals surface area contributed by atoms with E-state index in [2.05, 4.69) is 15.9 Å². The van der Waals surface area contributed by atoms with Gasteiger partial charge in [0.25, 0.3) is 0 Å². The van der Waals surface area contributed by atoms with Crippen LogP contribution in [0.2, 0.25) is 0 Å². The zero-order valence-corrected chi connectivity index (χ0v) is 10.9. The Balaban J connectivity index is 2.18. The second-order valence-electron chi connectivity index (χ2n) is 4.87. The van der Waals surface area contributed by atoms with Crippen LogP contribution in [0, 0.1) is 11.2 Å². The highest BCUT2D eigenvalue weighted by Crippen LogP contribution is 2.40. The minimum absolute atomic E-state index is 0.172. The second-order valence-corrected chi connectivity index (χ2v) is 5.78. The molecular weight excluding hydrogens is 269 g/mol. The molecule has 16 heavy (non-hydrogen) atoms. The molecule has 1 fully saturated rings. The summed E-state index contributed by atoms with van der Waals surface area (Å²) in [7, 11) is 0. The first-order valence-electron chi connectivity index (χ1n) is 5.79. The first-order valence-corrected chi connectivity index (χ1v) is 6.58. The summed E-state index contributed by atoms with van der Waals surface area (Å²) >= 11 is 3.33. The summed E-state index contributed by atoms with van der Waals surface area (Å²) < 4.78 is 14.1. The largest absolute Gasteiger partial charge is 0.330 e. The van der Waals surface area contributed by atoms with Crippen LogP contribution in [0.1, 0.15) is 31.2 Å². The molecule has 1 nitrogen and oxygen atoms in total. The van der Waals surface area contributed by atoms with Gasteiger partial charge in [-0.1, -0.05) is 28.8 Å². The fourth-order valence-electron chi connectivity index (χ4n) is 2.72. The molecular formula is C13H17BrFN. The van der Waals surface area contributed by atoms with Gasteiger partial charge in [-0.05, 0) is 55.0 Å². The van der Waals surface area contributed by atoms with Crippen LogP contribution in [0.15, 0.2) is 22.7 Å². The summed E-state index contributed by atoms with van der Waals surface area (Å²) in [5.74, 6) is -0.172. The third-order valence-electron chi connectivity index (χ3n) is 3.60. The number of rotatable bonds is 3. The summed E-state index contributed by atoms with van der Waals surface area (Å²) in [5.41, 5.74) is 7.16. The van der Waals surface area contributed by atoms with Gasteiger partial charge in [0.2, 0.25) is 0 Å². The molecule has 1 saturated carbocycles. The van der Waals surface area contributed by atoms with E-state index in [1.165, 1.54) is 31.7 Å². The van der Waals surface area contributed by atoms with E-state index >= 15 is 0 Å². The molecule has 0 saturated heterocycles. The maximum absolute atomic E-state index is 13.3. The second kappa shape index (κ2) is 4.84. The van der Waals surface area contributed by atoms with E-state index in [-0.39, 0.29) is 11.2 Å². The summed E-state index contributed by atoms with van der Waals surface area (Å²) in [6.07, 6.45) is 5.77. The van der Waals surface area contributed by atoms with Crippen LogP contribution in [-0.4, -0.2) is 6.54 Å². The van der Waals surface area contributed by atoms with E-state index in [9.17, 15) is 4.39 Å². The number of halogens is 2. The highest BCUT2D eigenvalue weighted by Gasteiger charge is 2.32. The van der Waals surface area contributed by atoms with Crippen molar-refractivity contribution < 1.29 is 4.39 Å². The average Bonchev–Trinajstić information content (AvgIpc) is 2.65. The molecule has 88 valence electrons. The number of hydrogen-bond acceptors (Lipinski definition) is 1. The number of benzene rings is 1. The molecule has 1 aliphatic rings. The van der Waals surface area contributed by atoms with E-state index in [0.29, 0.717) is 6.54 Å². The van der Waals surface area contributed by atoms with Crippen molar-refractivity contribution in [3.8, 4) is 0 Å². The first kappa shape index (κ1) is 12.1. The van der Waals surface area contributed by atoms with Crippen molar-refractivity contribution in [3.63, 3.8) is 0 Å². The van der Waals surface area contributed by atoms with Crippen molar-refractivity contribution in [2.45, 2.75) is 32.1 Å². The minimum atomic E-state index is -0.172. The molecule has 2 rings (SSSR count). The lowest BCUT2D eigenvalue weighted by molar-refractivity contribution is 0.306. The predicted octanol–water partition coefficient (Wildman–Crippen LogP) is 3.65. The fourth-order valence-corrected chi connectivity index (χ4v) is 3.24. The topological polar surface area (TPSA) is 26.0 Å². The molecule has 2 N–H and O–H groups in total. The van der Waals surface area contributed by atoms with Crippen molar-refractivity contribution in [3.05, 3.63) is 34.1 Å². The van der Waals surface area contributed by atoms with Crippen molar-refractivity contribution >= 4 is 15.9 Å². The Bertz CT molecular complexity index is 352. The van der Waals surface area contributed by atoms with Gasteiger partial charge in [0.15, 0.2) is 0 Å². The van der Waals surface area contributed by atoms with Crippen LogP contribution in [-0.2, 0) is 6.42 Å². The van der Waals surface area contributed by atoms with Gasteiger partial charge in [-0.3, -0.25) is 0 Å². The normalized spacial score (nSPS) is 18.9. The average molecular weight is 286 g/mol. The molecule has 0 bridgehead atoms. The Kier molecular flexibility index (Phi) is 3.65. The highest BCUT2D eigenvalue weighted by atomic mass is 79.9. The molecule has 0 heterocycles. The smallest absolute Gasteiger partial charge is 0.124 e. The van der Waals surface area contributed by atoms with Crippen molar-refractivity contribution in [1.29, 1.82) is 0 Å². The standard InChI is InChI=1S/C13H17BrFN/c14-11-5-10(6-12(15)7-11)8-13(9-16)3-1-2-4-13/h5-7H,1-4,8-9,16H2. The lowest BCUT2D eigenvalue weighted by Crippen LogP contribution is -2.29. The Hall–Kier alpha value is -0.410. The summed E-state index contributed by atoms with van der Waals surface area (Å²) in [4.78, 5) is 0. The monoisotopic (exact) mass is 285 g/mol. The van der Waals surface area contributed by atoms with Gasteiger partial charge >= 0.3 is 0 Å². The molecule has 1 aromatic carbocycles. The summed E-state index contributed by atoms with van der Waals surface area (Å²) in [5, 5.41) is 0. The maximum Gasteiger partial charge on any atom is 0.124 e. The number of hydrogen-bond donors (Lipinski definition) is 1. The molecule has 0 unspecified atom stereocenters. The van der Waals surface area contributed by atoms with Crippen LogP contribution >= 0.6 is 15.9 Å². The van der Waals surface area contributed by atoms with Gasteiger partial charge in [-0.25, -0.2) is 4.39 Å². The van der Waals surface area contributed by atoms with E-state index in [1.807, 2.05) is 6.07 Å². The van der Waals surface area contributed by atoms with Gasteiger partial charge in [0, 0.05) is 4.47 Å². The van der Waals surface area contributed by atoms with Crippen LogP contribution in [0.25, 0.3) is 0 Å². The summed E-state index contributed by atoms with van der Waals surface area (Å²) in [6, 6.07) is 5.12. The van der Waals surface area contributed by atoms with E-state index in [4.69, 9.17) is 5.73 Å². The predicted molar refractivity (Wildman–Crippen MR) is 67.8 cm³/mol. The minimum Gasteiger partial charge on any atom is -0.330 e. The summed E-state index contributed by atoms with van der Waals surface area (Å²) in [6.45, 7) is 0.709. The van der Waals surface area contributed by atoms with Crippen LogP contribution < -0.4 is 5.73 Å².